The van der Waals surface area contributed by atoms with Crippen LogP contribution < -0.4 is 0 Å². The molecule has 0 spiro atoms. The molecule has 2 aromatic carbocycles. The molecule has 0 aliphatic carbocycles. The summed E-state index contributed by atoms with van der Waals surface area (Å²) in [5.41, 5.74) is 3.50. The monoisotopic (exact) mass is 367 g/mol. The quantitative estimate of drug-likeness (QED) is 0.536. The second-order valence-electron chi connectivity index (χ2n) is 7.13. The van der Waals surface area contributed by atoms with Crippen LogP contribution in [0.15, 0.2) is 59.5 Å². The van der Waals surface area contributed by atoms with Gasteiger partial charge in [0.25, 0.3) is 5.91 Å². The van der Waals surface area contributed by atoms with Crippen molar-refractivity contribution < 1.29 is 4.79 Å². The van der Waals surface area contributed by atoms with Crippen LogP contribution in [0.25, 0.3) is 6.08 Å². The Bertz CT molecular complexity index is 817. The Morgan fingerprint density at radius 2 is 1.68 bits per heavy atom. The van der Waals surface area contributed by atoms with E-state index in [1.54, 1.807) is 4.90 Å². The lowest BCUT2D eigenvalue weighted by molar-refractivity contribution is -0.122. The average molecular weight is 368 g/mol. The van der Waals surface area contributed by atoms with Crippen LogP contribution in [-0.4, -0.2) is 15.1 Å². The summed E-state index contributed by atoms with van der Waals surface area (Å²) in [7, 11) is 0. The Morgan fingerprint density at radius 3 is 2.28 bits per heavy atom. The van der Waals surface area contributed by atoms with Crippen LogP contribution in [0, 0.1) is 0 Å². The van der Waals surface area contributed by atoms with Gasteiger partial charge >= 0.3 is 0 Å². The lowest BCUT2D eigenvalue weighted by atomic mass is 9.87. The fraction of sp³-hybridized carbons (Fsp3) is 0.238. The highest BCUT2D eigenvalue weighted by molar-refractivity contribution is 8.26. The smallest absolute Gasteiger partial charge is 0.266 e. The Morgan fingerprint density at radius 1 is 1.04 bits per heavy atom. The van der Waals surface area contributed by atoms with Crippen molar-refractivity contribution in [1.82, 2.24) is 4.90 Å². The fourth-order valence-electron chi connectivity index (χ4n) is 2.63. The van der Waals surface area contributed by atoms with E-state index in [0.29, 0.717) is 15.8 Å². The summed E-state index contributed by atoms with van der Waals surface area (Å²) in [6.07, 6.45) is 1.93. The van der Waals surface area contributed by atoms with Gasteiger partial charge in [-0.1, -0.05) is 99.3 Å². The molecule has 2 nitrogen and oxygen atoms in total. The molecule has 0 bridgehead atoms. The van der Waals surface area contributed by atoms with E-state index in [4.69, 9.17) is 12.2 Å². The number of hydrogen-bond donors (Lipinski definition) is 0. The molecule has 1 saturated heterocycles. The number of nitrogens with zero attached hydrogens (tertiary/aromatic N) is 1. The zero-order valence-corrected chi connectivity index (χ0v) is 16.3. The van der Waals surface area contributed by atoms with Crippen LogP contribution in [0.1, 0.15) is 37.5 Å². The summed E-state index contributed by atoms with van der Waals surface area (Å²) < 4.78 is 0.617. The number of thioether (sulfide) groups is 1. The first kappa shape index (κ1) is 17.9. The van der Waals surface area contributed by atoms with Crippen molar-refractivity contribution in [1.29, 1.82) is 0 Å². The van der Waals surface area contributed by atoms with E-state index >= 15 is 0 Å². The van der Waals surface area contributed by atoms with Gasteiger partial charge in [0, 0.05) is 0 Å². The Balaban J connectivity index is 1.78. The summed E-state index contributed by atoms with van der Waals surface area (Å²) >= 11 is 6.78. The van der Waals surface area contributed by atoms with Crippen molar-refractivity contribution in [2.45, 2.75) is 32.7 Å². The molecular weight excluding hydrogens is 346 g/mol. The molecule has 1 fully saturated rings. The van der Waals surface area contributed by atoms with Gasteiger partial charge in [-0.05, 0) is 28.2 Å². The van der Waals surface area contributed by atoms with Crippen LogP contribution in [0.5, 0.6) is 0 Å². The first-order valence-corrected chi connectivity index (χ1v) is 9.47. The molecule has 128 valence electrons. The summed E-state index contributed by atoms with van der Waals surface area (Å²) in [6.45, 7) is 7.09. The van der Waals surface area contributed by atoms with Crippen LogP contribution in [0.3, 0.4) is 0 Å². The first-order valence-electron chi connectivity index (χ1n) is 8.24. The Kier molecular flexibility index (Phi) is 5.11. The maximum Gasteiger partial charge on any atom is 0.266 e. The third kappa shape index (κ3) is 4.20. The molecule has 1 heterocycles. The predicted octanol–water partition coefficient (Wildman–Crippen LogP) is 5.39. The van der Waals surface area contributed by atoms with E-state index in [0.717, 1.165) is 11.1 Å². The average Bonchev–Trinajstić information content (AvgIpc) is 2.83. The highest BCUT2D eigenvalue weighted by Crippen LogP contribution is 2.34. The van der Waals surface area contributed by atoms with Gasteiger partial charge in [-0.3, -0.25) is 9.69 Å². The molecule has 4 heteroatoms. The predicted molar refractivity (Wildman–Crippen MR) is 110 cm³/mol. The Labute approximate surface area is 158 Å². The van der Waals surface area contributed by atoms with Gasteiger partial charge in [0.05, 0.1) is 11.4 Å². The first-order chi connectivity index (χ1) is 11.8. The minimum atomic E-state index is -0.0150. The molecule has 1 amide bonds. The van der Waals surface area contributed by atoms with Crippen LogP contribution in [0.4, 0.5) is 0 Å². The molecule has 3 rings (SSSR count). The maximum absolute atomic E-state index is 12.7. The molecule has 0 atom stereocenters. The van der Waals surface area contributed by atoms with Crippen LogP contribution >= 0.6 is 24.0 Å². The molecule has 0 saturated carbocycles. The fourth-order valence-corrected chi connectivity index (χ4v) is 3.89. The maximum atomic E-state index is 12.7. The van der Waals surface area contributed by atoms with E-state index in [9.17, 15) is 4.79 Å². The van der Waals surface area contributed by atoms with Gasteiger partial charge in [-0.15, -0.1) is 0 Å². The van der Waals surface area contributed by atoms with Crippen LogP contribution in [0.2, 0.25) is 0 Å². The molecule has 25 heavy (non-hydrogen) atoms. The molecule has 2 aromatic rings. The lowest BCUT2D eigenvalue weighted by Crippen LogP contribution is -2.27. The third-order valence-corrected chi connectivity index (χ3v) is 5.51. The zero-order chi connectivity index (χ0) is 18.0. The number of rotatable bonds is 3. The number of carbonyl (C=O) groups is 1. The lowest BCUT2D eigenvalue weighted by Gasteiger charge is -2.18. The van der Waals surface area contributed by atoms with Crippen molar-refractivity contribution in [3.05, 3.63) is 76.2 Å². The second-order valence-corrected chi connectivity index (χ2v) is 8.80. The minimum absolute atomic E-state index is 0.0150. The van der Waals surface area contributed by atoms with Gasteiger partial charge in [0.1, 0.15) is 4.32 Å². The van der Waals surface area contributed by atoms with E-state index < -0.39 is 0 Å². The molecule has 1 aliphatic heterocycles. The number of carbonyl (C=O) groups excluding carboxylic acids is 1. The van der Waals surface area contributed by atoms with E-state index in [2.05, 4.69) is 45.0 Å². The van der Waals surface area contributed by atoms with Crippen molar-refractivity contribution in [2.75, 3.05) is 0 Å². The number of amides is 1. The van der Waals surface area contributed by atoms with E-state index in [1.807, 2.05) is 36.4 Å². The molecule has 0 N–H and O–H groups in total. The number of thiocarbonyl (C=S) groups is 1. The van der Waals surface area contributed by atoms with Gasteiger partial charge in [0.2, 0.25) is 0 Å². The summed E-state index contributed by atoms with van der Waals surface area (Å²) in [6, 6.07) is 18.3. The minimum Gasteiger partial charge on any atom is -0.288 e. The van der Waals surface area contributed by atoms with Crippen LogP contribution in [-0.2, 0) is 16.8 Å². The topological polar surface area (TPSA) is 20.3 Å². The van der Waals surface area contributed by atoms with Gasteiger partial charge < -0.3 is 0 Å². The standard InChI is InChI=1S/C21H21NOS2/c1-21(2,3)17-11-9-15(10-12-17)13-18-19(23)22(20(24)25-18)14-16-7-5-4-6-8-16/h4-13H,14H2,1-3H3/b18-13-. The Hall–Kier alpha value is -1.91. The summed E-state index contributed by atoms with van der Waals surface area (Å²) in [5.74, 6) is -0.0150. The highest BCUT2D eigenvalue weighted by Gasteiger charge is 2.31. The SMILES string of the molecule is CC(C)(C)c1ccc(/C=C2\SC(=S)N(Cc3ccccc3)C2=O)cc1. The van der Waals surface area contributed by atoms with Crippen molar-refractivity contribution in [2.24, 2.45) is 0 Å². The van der Waals surface area contributed by atoms with Crippen molar-refractivity contribution in [3.63, 3.8) is 0 Å². The largest absolute Gasteiger partial charge is 0.288 e. The molecule has 0 aromatic heterocycles. The third-order valence-electron chi connectivity index (χ3n) is 4.13. The van der Waals surface area contributed by atoms with E-state index in [1.165, 1.54) is 17.3 Å². The molecule has 0 unspecified atom stereocenters. The van der Waals surface area contributed by atoms with Crippen molar-refractivity contribution in [3.8, 4) is 0 Å². The highest BCUT2D eigenvalue weighted by atomic mass is 32.2. The molecular formula is C21H21NOS2. The zero-order valence-electron chi connectivity index (χ0n) is 14.7. The van der Waals surface area contributed by atoms with E-state index in [-0.39, 0.29) is 11.3 Å². The summed E-state index contributed by atoms with van der Waals surface area (Å²) in [4.78, 5) is 15.1. The van der Waals surface area contributed by atoms with Gasteiger partial charge in [0.15, 0.2) is 0 Å². The van der Waals surface area contributed by atoms with Gasteiger partial charge in [-0.25, -0.2) is 0 Å². The van der Waals surface area contributed by atoms with Gasteiger partial charge in [-0.2, -0.15) is 0 Å². The normalized spacial score (nSPS) is 16.8. The summed E-state index contributed by atoms with van der Waals surface area (Å²) in [5, 5.41) is 0. The molecule has 1 aliphatic rings. The molecule has 0 radical (unpaired) electrons. The van der Waals surface area contributed by atoms with Crippen molar-refractivity contribution >= 4 is 40.3 Å². The number of hydrogen-bond acceptors (Lipinski definition) is 3. The number of benzene rings is 2. The second kappa shape index (κ2) is 7.14.